The van der Waals surface area contributed by atoms with Crippen molar-refractivity contribution in [2.24, 2.45) is 5.73 Å². The van der Waals surface area contributed by atoms with Gasteiger partial charge in [-0.15, -0.1) is 0 Å². The van der Waals surface area contributed by atoms with Crippen LogP contribution in [-0.4, -0.2) is 62.2 Å². The summed E-state index contributed by atoms with van der Waals surface area (Å²) in [6.45, 7) is 1.85. The summed E-state index contributed by atoms with van der Waals surface area (Å²) >= 11 is 0. The fourth-order valence-electron chi connectivity index (χ4n) is 2.49. The summed E-state index contributed by atoms with van der Waals surface area (Å²) in [6, 6.07) is 7.20. The Balaban J connectivity index is 0.00000385. The molecule has 2 heterocycles. The number of hydrogen-bond acceptors (Lipinski definition) is 14. The van der Waals surface area contributed by atoms with Crippen LogP contribution in [-0.2, 0) is 16.7 Å². The van der Waals surface area contributed by atoms with Crippen LogP contribution in [0.25, 0.3) is 0 Å². The molecule has 0 bridgehead atoms. The van der Waals surface area contributed by atoms with Gasteiger partial charge in [-0.3, -0.25) is 0 Å². The third-order valence-electron chi connectivity index (χ3n) is 3.87. The Hall–Kier alpha value is -3.09. The van der Waals surface area contributed by atoms with E-state index < -0.39 is 15.9 Å². The molecule has 0 radical (unpaired) electrons. The summed E-state index contributed by atoms with van der Waals surface area (Å²) in [5.74, 6) is 1.46. The van der Waals surface area contributed by atoms with Crippen molar-refractivity contribution in [2.75, 3.05) is 40.6 Å². The number of nitrogens with zero attached hydrogens (tertiary/aromatic N) is 6. The van der Waals surface area contributed by atoms with Crippen molar-refractivity contribution in [2.45, 2.75) is 13.5 Å². The normalized spacial score (nSPS) is 10.8. The fraction of sp³-hybridized carbons (Fsp3) is 0.294. The molecule has 0 saturated carbocycles. The molecule has 0 aliphatic rings. The monoisotopic (exact) mass is 467 g/mol. The largest absolute Gasteiger partial charge is 1.00 e. The Morgan fingerprint density at radius 3 is 1.97 bits per heavy atom. The quantitative estimate of drug-likeness (QED) is 0.152. The molecule has 6 N–H and O–H groups in total. The number of aromatic nitrogens is 6. The van der Waals surface area contributed by atoms with E-state index in [-0.39, 0.29) is 49.8 Å². The Kier molecular flexibility index (Phi) is 9.26. The zero-order valence-corrected chi connectivity index (χ0v) is 19.1. The molecule has 3 rings (SSSR count). The van der Waals surface area contributed by atoms with Crippen LogP contribution in [0.4, 0.5) is 35.2 Å². The number of rotatable bonds is 10. The zero-order chi connectivity index (χ0) is 23.1. The Bertz CT molecular complexity index is 1180. The van der Waals surface area contributed by atoms with Crippen LogP contribution in [0.5, 0.6) is 0 Å². The number of nitrogens with two attached hydrogens (primary N) is 1. The minimum atomic E-state index is -4.34. The maximum Gasteiger partial charge on any atom is 1.00 e. The van der Waals surface area contributed by atoms with Crippen LogP contribution < -0.4 is 45.9 Å². The first kappa shape index (κ1) is 26.2. The molecule has 1 aromatic carbocycles. The summed E-state index contributed by atoms with van der Waals surface area (Å²) < 4.78 is 32.2. The SMILES string of the molecule is CNc1nc(NCCS(=O)(=O)[O-])nc(Nc2ccc(Nc3nc(C)nc(CN)n3)cc2)n1.[Li+]. The minimum absolute atomic E-state index is 0. The molecule has 0 saturated heterocycles. The molecule has 0 amide bonds. The second-order valence-corrected chi connectivity index (χ2v) is 7.92. The smallest absolute Gasteiger partial charge is 0.748 e. The molecule has 0 aliphatic carbocycles. The first-order valence-electron chi connectivity index (χ1n) is 9.41. The standard InChI is InChI=1S/C17H23N11O3S.Li/c1-10-21-13(9-18)25-16(22-10)23-11-3-5-12(6-4-11)24-17-27-14(19-2)26-15(28-17)20-7-8-32(29,30)31;/h3-6H,7-9,18H2,1-2H3,(H,29,30,31)(H,21,22,23,25)(H3,19,20,24,26,27,28);/q;+1/p-1. The van der Waals surface area contributed by atoms with Gasteiger partial charge in [0.2, 0.25) is 23.8 Å². The van der Waals surface area contributed by atoms with E-state index in [1.165, 1.54) is 0 Å². The van der Waals surface area contributed by atoms with Crippen molar-refractivity contribution < 1.29 is 31.8 Å². The first-order chi connectivity index (χ1) is 15.2. The third kappa shape index (κ3) is 8.40. The average Bonchev–Trinajstić information content (AvgIpc) is 2.73. The van der Waals surface area contributed by atoms with E-state index in [0.717, 1.165) is 5.69 Å². The van der Waals surface area contributed by atoms with Crippen molar-refractivity contribution >= 4 is 45.3 Å². The van der Waals surface area contributed by atoms with Crippen LogP contribution in [0.15, 0.2) is 24.3 Å². The number of nitrogens with one attached hydrogen (secondary N) is 4. The summed E-state index contributed by atoms with van der Waals surface area (Å²) in [6.07, 6.45) is 0. The van der Waals surface area contributed by atoms with Crippen LogP contribution >= 0.6 is 0 Å². The second kappa shape index (κ2) is 11.7. The Morgan fingerprint density at radius 1 is 0.879 bits per heavy atom. The maximum atomic E-state index is 10.7. The van der Waals surface area contributed by atoms with Gasteiger partial charge < -0.3 is 31.6 Å². The van der Waals surface area contributed by atoms with Crippen LogP contribution in [0, 0.1) is 6.92 Å². The van der Waals surface area contributed by atoms with Gasteiger partial charge in [0.1, 0.15) is 11.6 Å². The van der Waals surface area contributed by atoms with Gasteiger partial charge in [0.15, 0.2) is 0 Å². The number of hydrogen-bond donors (Lipinski definition) is 5. The summed E-state index contributed by atoms with van der Waals surface area (Å²) in [7, 11) is -2.71. The van der Waals surface area contributed by atoms with E-state index in [0.29, 0.717) is 23.3 Å². The molecule has 170 valence electrons. The Labute approximate surface area is 202 Å². The van der Waals surface area contributed by atoms with Gasteiger partial charge in [-0.1, -0.05) is 0 Å². The molecule has 0 aliphatic heterocycles. The van der Waals surface area contributed by atoms with E-state index >= 15 is 0 Å². The minimum Gasteiger partial charge on any atom is -0.748 e. The van der Waals surface area contributed by atoms with E-state index in [1.807, 2.05) is 12.1 Å². The molecule has 0 atom stereocenters. The average molecular weight is 467 g/mol. The van der Waals surface area contributed by atoms with Gasteiger partial charge in [-0.25, -0.2) is 13.4 Å². The summed E-state index contributed by atoms with van der Waals surface area (Å²) in [5.41, 5.74) is 7.03. The van der Waals surface area contributed by atoms with Crippen LogP contribution in [0.1, 0.15) is 11.6 Å². The van der Waals surface area contributed by atoms with Gasteiger partial charge >= 0.3 is 18.9 Å². The van der Waals surface area contributed by atoms with E-state index in [4.69, 9.17) is 5.73 Å². The van der Waals surface area contributed by atoms with E-state index in [9.17, 15) is 13.0 Å². The molecular formula is C17H22LiN11O3S. The number of anilines is 6. The zero-order valence-electron chi connectivity index (χ0n) is 18.3. The van der Waals surface area contributed by atoms with Gasteiger partial charge in [0.05, 0.1) is 22.4 Å². The molecule has 3 aromatic rings. The van der Waals surface area contributed by atoms with Crippen molar-refractivity contribution in [3.05, 3.63) is 35.9 Å². The van der Waals surface area contributed by atoms with Crippen molar-refractivity contribution in [1.29, 1.82) is 0 Å². The molecule has 14 nitrogen and oxygen atoms in total. The first-order valence-corrected chi connectivity index (χ1v) is 11.0. The molecular weight excluding hydrogens is 445 g/mol. The van der Waals surface area contributed by atoms with Gasteiger partial charge in [0, 0.05) is 25.0 Å². The molecule has 33 heavy (non-hydrogen) atoms. The van der Waals surface area contributed by atoms with Crippen molar-refractivity contribution in [3.8, 4) is 0 Å². The predicted molar refractivity (Wildman–Crippen MR) is 118 cm³/mol. The van der Waals surface area contributed by atoms with Gasteiger partial charge in [0.25, 0.3) is 0 Å². The summed E-state index contributed by atoms with van der Waals surface area (Å²) in [5, 5.41) is 11.6. The predicted octanol–water partition coefficient (Wildman–Crippen LogP) is -2.69. The summed E-state index contributed by atoms with van der Waals surface area (Å²) in [4.78, 5) is 25.1. The second-order valence-electron chi connectivity index (χ2n) is 6.40. The molecule has 0 spiro atoms. The van der Waals surface area contributed by atoms with Crippen LogP contribution in [0.3, 0.4) is 0 Å². The number of benzene rings is 1. The van der Waals surface area contributed by atoms with E-state index in [2.05, 4.69) is 51.2 Å². The molecule has 0 unspecified atom stereocenters. The Morgan fingerprint density at radius 2 is 1.42 bits per heavy atom. The molecule has 16 heteroatoms. The fourth-order valence-corrected chi connectivity index (χ4v) is 2.84. The van der Waals surface area contributed by atoms with Crippen LogP contribution in [0.2, 0.25) is 0 Å². The van der Waals surface area contributed by atoms with Gasteiger partial charge in [-0.05, 0) is 31.2 Å². The maximum absolute atomic E-state index is 10.7. The topological polar surface area (TPSA) is 209 Å². The molecule has 2 aromatic heterocycles. The molecule has 0 fully saturated rings. The van der Waals surface area contributed by atoms with Crippen molar-refractivity contribution in [1.82, 2.24) is 29.9 Å². The van der Waals surface area contributed by atoms with Gasteiger partial charge in [-0.2, -0.15) is 24.9 Å². The number of aryl methyl sites for hydroxylation is 1. The van der Waals surface area contributed by atoms with E-state index in [1.54, 1.807) is 26.1 Å². The third-order valence-corrected chi connectivity index (χ3v) is 4.57. The van der Waals surface area contributed by atoms with Crippen molar-refractivity contribution in [3.63, 3.8) is 0 Å².